The first-order valence-corrected chi connectivity index (χ1v) is 6.66. The van der Waals surface area contributed by atoms with Crippen molar-refractivity contribution in [2.24, 2.45) is 0 Å². The van der Waals surface area contributed by atoms with Crippen LogP contribution in [-0.2, 0) is 0 Å². The van der Waals surface area contributed by atoms with Gasteiger partial charge in [0.15, 0.2) is 5.78 Å². The Balaban J connectivity index is 2.05. The molecule has 1 aromatic carbocycles. The van der Waals surface area contributed by atoms with Gasteiger partial charge >= 0.3 is 0 Å². The van der Waals surface area contributed by atoms with E-state index in [1.54, 1.807) is 19.2 Å². The van der Waals surface area contributed by atoms with Crippen LogP contribution in [0.3, 0.4) is 0 Å². The lowest BCUT2D eigenvalue weighted by Gasteiger charge is -2.14. The predicted molar refractivity (Wildman–Crippen MR) is 79.7 cm³/mol. The smallest absolute Gasteiger partial charge is 0.268 e. The monoisotopic (exact) mass is 286 g/mol. The topological polar surface area (TPSA) is 71.2 Å². The Labute approximate surface area is 123 Å². The highest BCUT2D eigenvalue weighted by Crippen LogP contribution is 2.17. The van der Waals surface area contributed by atoms with Crippen molar-refractivity contribution < 1.29 is 14.3 Å². The molecule has 0 fully saturated rings. The second-order valence-electron chi connectivity index (χ2n) is 4.81. The van der Waals surface area contributed by atoms with E-state index in [2.05, 4.69) is 10.3 Å². The van der Waals surface area contributed by atoms with Crippen LogP contribution in [0, 0.1) is 0 Å². The number of methoxy groups -OCH3 is 1. The summed E-state index contributed by atoms with van der Waals surface area (Å²) in [4.78, 5) is 26.1. The van der Waals surface area contributed by atoms with Crippen LogP contribution in [0.4, 0.5) is 0 Å². The van der Waals surface area contributed by atoms with E-state index >= 15 is 0 Å². The van der Waals surface area contributed by atoms with Crippen molar-refractivity contribution >= 4 is 11.7 Å². The van der Waals surface area contributed by atoms with E-state index in [0.29, 0.717) is 11.4 Å². The highest BCUT2D eigenvalue weighted by molar-refractivity contribution is 5.97. The number of benzene rings is 1. The number of rotatable bonds is 5. The molecule has 0 bridgehead atoms. The van der Waals surface area contributed by atoms with Crippen molar-refractivity contribution in [1.82, 2.24) is 10.3 Å². The van der Waals surface area contributed by atoms with E-state index < -0.39 is 0 Å². The minimum absolute atomic E-state index is 0.0998. The molecule has 0 saturated carbocycles. The number of hydrogen-bond donors (Lipinski definition) is 2. The second-order valence-corrected chi connectivity index (χ2v) is 4.81. The third-order valence-corrected chi connectivity index (χ3v) is 3.27. The number of hydrogen-bond acceptors (Lipinski definition) is 3. The third-order valence-electron chi connectivity index (χ3n) is 3.27. The molecule has 0 spiro atoms. The average Bonchev–Trinajstić information content (AvgIpc) is 2.97. The molecule has 2 rings (SSSR count). The fourth-order valence-corrected chi connectivity index (χ4v) is 1.98. The third kappa shape index (κ3) is 3.51. The zero-order valence-corrected chi connectivity index (χ0v) is 12.3. The Bertz CT molecular complexity index is 644. The quantitative estimate of drug-likeness (QED) is 0.830. The van der Waals surface area contributed by atoms with Gasteiger partial charge in [-0.2, -0.15) is 0 Å². The normalized spacial score (nSPS) is 11.8. The van der Waals surface area contributed by atoms with E-state index in [-0.39, 0.29) is 17.7 Å². The summed E-state index contributed by atoms with van der Waals surface area (Å²) in [5, 5.41) is 2.88. The number of carbonyl (C=O) groups excluding carboxylic acids is 2. The van der Waals surface area contributed by atoms with Crippen LogP contribution in [0.5, 0.6) is 5.75 Å². The van der Waals surface area contributed by atoms with Crippen LogP contribution in [0.25, 0.3) is 0 Å². The highest BCUT2D eigenvalue weighted by Gasteiger charge is 2.14. The van der Waals surface area contributed by atoms with Crippen molar-refractivity contribution in [3.8, 4) is 5.75 Å². The van der Waals surface area contributed by atoms with Gasteiger partial charge in [-0.25, -0.2) is 0 Å². The fourth-order valence-electron chi connectivity index (χ4n) is 1.98. The molecule has 2 N–H and O–H groups in total. The number of ketones is 1. The number of Topliss-reactive ketones (excluding diaryl/α,β-unsaturated/α-hetero) is 1. The predicted octanol–water partition coefficient (Wildman–Crippen LogP) is 2.72. The molecular weight excluding hydrogens is 268 g/mol. The van der Waals surface area contributed by atoms with Crippen LogP contribution in [-0.4, -0.2) is 23.8 Å². The first-order chi connectivity index (χ1) is 10.0. The number of aromatic nitrogens is 1. The highest BCUT2D eigenvalue weighted by atomic mass is 16.5. The minimum Gasteiger partial charge on any atom is -0.497 e. The maximum absolute atomic E-state index is 12.1. The van der Waals surface area contributed by atoms with Crippen molar-refractivity contribution in [2.45, 2.75) is 19.9 Å². The van der Waals surface area contributed by atoms with Crippen molar-refractivity contribution in [2.75, 3.05) is 7.11 Å². The molecule has 110 valence electrons. The van der Waals surface area contributed by atoms with E-state index in [1.807, 2.05) is 31.2 Å². The van der Waals surface area contributed by atoms with Crippen LogP contribution in [0.15, 0.2) is 36.4 Å². The van der Waals surface area contributed by atoms with Crippen LogP contribution >= 0.6 is 0 Å². The van der Waals surface area contributed by atoms with Crippen LogP contribution in [0.1, 0.15) is 46.4 Å². The number of ether oxygens (including phenoxy) is 1. The maximum Gasteiger partial charge on any atom is 0.268 e. The molecule has 2 aromatic rings. The summed E-state index contributed by atoms with van der Waals surface area (Å²) in [5.41, 5.74) is 1.78. The Morgan fingerprint density at radius 2 is 1.71 bits per heavy atom. The Hall–Kier alpha value is -2.56. The summed E-state index contributed by atoms with van der Waals surface area (Å²) in [5.74, 6) is 0.427. The SMILES string of the molecule is COc1ccc(C(C)NC(=O)c2ccc(C(C)=O)[nH]2)cc1. The first-order valence-electron chi connectivity index (χ1n) is 6.66. The number of nitrogens with one attached hydrogen (secondary N) is 2. The Kier molecular flexibility index (Phi) is 4.42. The molecule has 1 unspecified atom stereocenters. The van der Waals surface area contributed by atoms with Gasteiger partial charge in [0.05, 0.1) is 18.8 Å². The van der Waals surface area contributed by atoms with Gasteiger partial charge in [-0.05, 0) is 36.8 Å². The van der Waals surface area contributed by atoms with Gasteiger partial charge in [-0.15, -0.1) is 0 Å². The molecule has 5 nitrogen and oxygen atoms in total. The van der Waals surface area contributed by atoms with Gasteiger partial charge in [0.1, 0.15) is 11.4 Å². The molecule has 1 amide bonds. The van der Waals surface area contributed by atoms with Gasteiger partial charge < -0.3 is 15.0 Å². The summed E-state index contributed by atoms with van der Waals surface area (Å²) >= 11 is 0. The molecule has 1 atom stereocenters. The molecule has 5 heteroatoms. The largest absolute Gasteiger partial charge is 0.497 e. The van der Waals surface area contributed by atoms with Gasteiger partial charge in [-0.1, -0.05) is 12.1 Å². The summed E-state index contributed by atoms with van der Waals surface area (Å²) in [6.07, 6.45) is 0. The molecule has 0 aliphatic rings. The van der Waals surface area contributed by atoms with Crippen molar-refractivity contribution in [1.29, 1.82) is 0 Å². The second kappa shape index (κ2) is 6.26. The Morgan fingerprint density at radius 3 is 2.24 bits per heavy atom. The summed E-state index contributed by atoms with van der Waals surface area (Å²) < 4.78 is 5.10. The van der Waals surface area contributed by atoms with E-state index in [1.165, 1.54) is 6.92 Å². The van der Waals surface area contributed by atoms with Gasteiger partial charge in [-0.3, -0.25) is 9.59 Å². The lowest BCUT2D eigenvalue weighted by atomic mass is 10.1. The number of carbonyl (C=O) groups is 2. The van der Waals surface area contributed by atoms with Gasteiger partial charge in [0.25, 0.3) is 5.91 Å². The maximum atomic E-state index is 12.1. The van der Waals surface area contributed by atoms with E-state index in [9.17, 15) is 9.59 Å². The number of amides is 1. The molecule has 0 aliphatic carbocycles. The summed E-state index contributed by atoms with van der Waals surface area (Å²) in [7, 11) is 1.61. The first kappa shape index (κ1) is 14.8. The zero-order valence-electron chi connectivity index (χ0n) is 12.3. The zero-order chi connectivity index (χ0) is 15.4. The average molecular weight is 286 g/mol. The van der Waals surface area contributed by atoms with Gasteiger partial charge in [0.2, 0.25) is 0 Å². The molecular formula is C16H18N2O3. The van der Waals surface area contributed by atoms with Crippen molar-refractivity contribution in [3.63, 3.8) is 0 Å². The Morgan fingerprint density at radius 1 is 1.10 bits per heavy atom. The van der Waals surface area contributed by atoms with Crippen LogP contribution < -0.4 is 10.1 Å². The number of aromatic amines is 1. The number of H-pyrrole nitrogens is 1. The van der Waals surface area contributed by atoms with E-state index in [0.717, 1.165) is 11.3 Å². The molecule has 0 aliphatic heterocycles. The van der Waals surface area contributed by atoms with E-state index in [4.69, 9.17) is 4.74 Å². The van der Waals surface area contributed by atoms with Crippen LogP contribution in [0.2, 0.25) is 0 Å². The molecule has 0 radical (unpaired) electrons. The summed E-state index contributed by atoms with van der Waals surface area (Å²) in [6, 6.07) is 10.6. The molecule has 1 heterocycles. The molecule has 1 aromatic heterocycles. The molecule has 0 saturated heterocycles. The lowest BCUT2D eigenvalue weighted by molar-refractivity contribution is 0.0935. The lowest BCUT2D eigenvalue weighted by Crippen LogP contribution is -2.27. The summed E-state index contributed by atoms with van der Waals surface area (Å²) in [6.45, 7) is 3.35. The minimum atomic E-state index is -0.245. The standard InChI is InChI=1S/C16H18N2O3/c1-10(12-4-6-13(21-3)7-5-12)17-16(20)15-9-8-14(18-15)11(2)19/h4-10,18H,1-3H3,(H,17,20). The molecule has 21 heavy (non-hydrogen) atoms. The fraction of sp³-hybridized carbons (Fsp3) is 0.250. The van der Waals surface area contributed by atoms with Crippen molar-refractivity contribution in [3.05, 3.63) is 53.3 Å². The van der Waals surface area contributed by atoms with Gasteiger partial charge in [0, 0.05) is 6.92 Å².